The zero-order chi connectivity index (χ0) is 52.3. The molecule has 0 saturated carbocycles. The summed E-state index contributed by atoms with van der Waals surface area (Å²) in [6.07, 6.45) is -5.25. The summed E-state index contributed by atoms with van der Waals surface area (Å²) >= 11 is 0. The Balaban J connectivity index is 0.000000248. The third-order valence-corrected chi connectivity index (χ3v) is 8.66. The van der Waals surface area contributed by atoms with Gasteiger partial charge in [-0.05, 0) is 95.0 Å². The van der Waals surface area contributed by atoms with Gasteiger partial charge in [0.2, 0.25) is 5.71 Å². The van der Waals surface area contributed by atoms with Gasteiger partial charge in [-0.3, -0.25) is 0 Å². The average Bonchev–Trinajstić information content (AvgIpc) is 3.69. The van der Waals surface area contributed by atoms with Gasteiger partial charge in [-0.25, -0.2) is 4.98 Å². The molecule has 0 amide bonds. The molecule has 4 aromatic carbocycles. The smallest absolute Gasteiger partial charge is 0.216 e. The van der Waals surface area contributed by atoms with Crippen molar-refractivity contribution in [2.24, 2.45) is 10.8 Å². The first kappa shape index (κ1) is 27.5. The molecule has 0 unspecified atom stereocenters. The summed E-state index contributed by atoms with van der Waals surface area (Å²) in [5.41, 5.74) is 3.79. The van der Waals surface area contributed by atoms with Crippen molar-refractivity contribution in [2.75, 3.05) is 0 Å². The number of aryl methyl sites for hydroxylation is 4. The summed E-state index contributed by atoms with van der Waals surface area (Å²) in [5, 5.41) is 1.26. The maximum absolute atomic E-state index is 8.87. The van der Waals surface area contributed by atoms with E-state index in [1.54, 1.807) is 63.4 Å². The molecular weight excluding hydrogens is 887 g/mol. The summed E-state index contributed by atoms with van der Waals surface area (Å²) in [4.78, 5) is 13.0. The summed E-state index contributed by atoms with van der Waals surface area (Å²) in [6, 6.07) is 37.5. The fourth-order valence-electron chi connectivity index (χ4n) is 6.23. The molecule has 58 heavy (non-hydrogen) atoms. The Hall–Kier alpha value is -5.22. The van der Waals surface area contributed by atoms with Gasteiger partial charge < -0.3 is 14.4 Å². The molecule has 4 nitrogen and oxygen atoms in total. The Labute approximate surface area is 378 Å². The van der Waals surface area contributed by atoms with Crippen molar-refractivity contribution in [3.8, 4) is 33.6 Å². The van der Waals surface area contributed by atoms with Crippen LogP contribution in [-0.4, -0.2) is 15.0 Å². The number of fused-ring (bicyclic) bond motifs is 3. The van der Waals surface area contributed by atoms with Crippen molar-refractivity contribution in [1.82, 2.24) is 15.0 Å². The number of hydrogen-bond donors (Lipinski definition) is 0. The molecule has 0 bridgehead atoms. The van der Waals surface area contributed by atoms with E-state index in [0.29, 0.717) is 55.6 Å². The van der Waals surface area contributed by atoms with Crippen LogP contribution in [0.4, 0.5) is 0 Å². The standard InChI is InChI=1S/C30H29N2O.C23H24N.Ir/c1-20-8-15-25-24-6-5-7-26(28(24)33-29(25)32-20)27-18-22(16-17-31-27)12-9-21-10-13-23(14-11-21)19-30(2,3)4;1-17-10-12-20(14-21(17)19-8-6-5-7-9-19)22-13-11-18(16-24-22)15-23(2,3)4;/h5-6,8,10-11,13-18H,9,12,19H2,1-4H3;5-11,13-14,16H,15H2,1-4H3;/q2*-1;/i1D3,9D2,12D2,19D2;1D3,15D2;. The van der Waals surface area contributed by atoms with E-state index in [9.17, 15) is 0 Å². The van der Waals surface area contributed by atoms with Crippen molar-refractivity contribution in [3.05, 3.63) is 173 Å². The molecule has 0 N–H and O–H groups in total. The summed E-state index contributed by atoms with van der Waals surface area (Å²) in [5.74, 6) is 0. The maximum atomic E-state index is 8.87. The molecule has 8 rings (SSSR count). The molecule has 0 fully saturated rings. The number of furan rings is 1. The fraction of sp³-hybridized carbons (Fsp3) is 0.264. The SMILES string of the molecule is [2H]C([2H])([2H])c1c[c-]c(-c2ccc(C([2H])([2H])C(C)(C)C)cn2)cc1-c1ccccc1.[2H]C([2H])([2H])c1ccc2c(n1)oc1c(-c3cc(C([2H])([2H])C([2H])([2H])c4ccc(C([2H])([2H])C(C)(C)C)cc4)ccn3)[c-]ccc12.[Ir]. The minimum Gasteiger partial charge on any atom is -0.486 e. The van der Waals surface area contributed by atoms with Crippen molar-refractivity contribution in [3.63, 3.8) is 0 Å². The zero-order valence-electron chi connectivity index (χ0n) is 47.2. The Bertz CT molecular complexity index is 3190. The summed E-state index contributed by atoms with van der Waals surface area (Å²) < 4.78 is 122. The van der Waals surface area contributed by atoms with Gasteiger partial charge in [0, 0.05) is 62.8 Å². The van der Waals surface area contributed by atoms with Crippen LogP contribution < -0.4 is 0 Å². The molecule has 0 aliphatic heterocycles. The molecule has 1 radical (unpaired) electrons. The minimum absolute atomic E-state index is 0. The molecule has 0 atom stereocenters. The summed E-state index contributed by atoms with van der Waals surface area (Å²) in [7, 11) is 0. The van der Waals surface area contributed by atoms with Crippen LogP contribution in [0.2, 0.25) is 0 Å². The van der Waals surface area contributed by atoms with Gasteiger partial charge >= 0.3 is 0 Å². The summed E-state index contributed by atoms with van der Waals surface area (Å²) in [6.45, 7) is 6.27. The van der Waals surface area contributed by atoms with E-state index < -0.39 is 50.0 Å². The molecule has 0 aliphatic carbocycles. The zero-order valence-corrected chi connectivity index (χ0v) is 35.6. The first-order valence-electron chi connectivity index (χ1n) is 25.7. The molecule has 0 spiro atoms. The molecule has 8 aromatic rings. The average molecular weight is 954 g/mol. The van der Waals surface area contributed by atoms with E-state index in [4.69, 9.17) is 23.6 Å². The second-order valence-corrected chi connectivity index (χ2v) is 15.7. The van der Waals surface area contributed by atoms with E-state index in [2.05, 4.69) is 27.1 Å². The molecule has 297 valence electrons. The molecule has 0 aliphatic rings. The van der Waals surface area contributed by atoms with Crippen LogP contribution >= 0.6 is 0 Å². The normalized spacial score (nSPS) is 16.6. The predicted molar refractivity (Wildman–Crippen MR) is 237 cm³/mol. The topological polar surface area (TPSA) is 51.8 Å². The number of hydrogen-bond acceptors (Lipinski definition) is 4. The van der Waals surface area contributed by atoms with Crippen LogP contribution in [0.3, 0.4) is 0 Å². The first-order chi connectivity index (χ1) is 32.8. The van der Waals surface area contributed by atoms with Gasteiger partial charge in [-0.15, -0.1) is 47.5 Å². The molecular formula is C53H53IrN3O-2. The van der Waals surface area contributed by atoms with Crippen LogP contribution in [0.25, 0.3) is 55.7 Å². The Kier molecular flexibility index (Phi) is 8.59. The fourth-order valence-corrected chi connectivity index (χ4v) is 6.23. The van der Waals surface area contributed by atoms with E-state index >= 15 is 0 Å². The van der Waals surface area contributed by atoms with Crippen molar-refractivity contribution >= 4 is 22.1 Å². The van der Waals surface area contributed by atoms with Gasteiger partial charge in [-0.1, -0.05) is 143 Å². The van der Waals surface area contributed by atoms with Crippen LogP contribution in [0.5, 0.6) is 0 Å². The van der Waals surface area contributed by atoms with Gasteiger partial charge in [0.25, 0.3) is 0 Å². The molecule has 0 saturated heterocycles. The van der Waals surface area contributed by atoms with Crippen LogP contribution in [0.1, 0.15) is 94.2 Å². The van der Waals surface area contributed by atoms with E-state index in [1.165, 1.54) is 54.7 Å². The second kappa shape index (κ2) is 18.1. The van der Waals surface area contributed by atoms with Crippen molar-refractivity contribution in [1.29, 1.82) is 0 Å². The quantitative estimate of drug-likeness (QED) is 0.142. The third kappa shape index (κ3) is 10.8. The molecule has 5 heteroatoms. The monoisotopic (exact) mass is 954 g/mol. The van der Waals surface area contributed by atoms with Gasteiger partial charge in [0.1, 0.15) is 0 Å². The van der Waals surface area contributed by atoms with Crippen LogP contribution in [-0.2, 0) is 45.6 Å². The molecule has 4 heterocycles. The van der Waals surface area contributed by atoms with Crippen molar-refractivity contribution < 1.29 is 43.7 Å². The van der Waals surface area contributed by atoms with E-state index in [0.717, 1.165) is 5.56 Å². The van der Waals surface area contributed by atoms with Gasteiger partial charge in [-0.2, -0.15) is 0 Å². The Morgan fingerprint density at radius 2 is 1.40 bits per heavy atom. The third-order valence-electron chi connectivity index (χ3n) is 8.66. The predicted octanol–water partition coefficient (Wildman–Crippen LogP) is 13.6. The van der Waals surface area contributed by atoms with Gasteiger partial charge in [0.05, 0.1) is 5.58 Å². The van der Waals surface area contributed by atoms with E-state index in [1.807, 2.05) is 51.1 Å². The Morgan fingerprint density at radius 1 is 0.672 bits per heavy atom. The number of nitrogens with zero attached hydrogens (tertiary/aromatic N) is 3. The number of pyridine rings is 3. The first-order valence-corrected chi connectivity index (χ1v) is 18.7. The van der Waals surface area contributed by atoms with Crippen LogP contribution in [0, 0.1) is 36.7 Å². The van der Waals surface area contributed by atoms with Crippen LogP contribution in [0.15, 0.2) is 132 Å². The number of aromatic nitrogens is 3. The molecule has 4 aromatic heterocycles. The Morgan fingerprint density at radius 3 is 2.10 bits per heavy atom. The maximum Gasteiger partial charge on any atom is 0.216 e. The number of benzene rings is 4. The van der Waals surface area contributed by atoms with Crippen molar-refractivity contribution in [2.45, 2.75) is 80.7 Å². The van der Waals surface area contributed by atoms with E-state index in [-0.39, 0.29) is 48.2 Å². The second-order valence-electron chi connectivity index (χ2n) is 15.7. The van der Waals surface area contributed by atoms with Gasteiger partial charge in [0.15, 0.2) is 0 Å². The number of rotatable bonds is 8. The largest absolute Gasteiger partial charge is 0.486 e. The minimum atomic E-state index is -2.51.